The number of morpholine rings is 1. The Labute approximate surface area is 88.2 Å². The number of halogens is 1. The summed E-state index contributed by atoms with van der Waals surface area (Å²) in [6.07, 6.45) is 0.859. The molecule has 2 aliphatic heterocycles. The summed E-state index contributed by atoms with van der Waals surface area (Å²) in [5.41, 5.74) is 0. The highest BCUT2D eigenvalue weighted by atomic mass is 35.5. The summed E-state index contributed by atoms with van der Waals surface area (Å²) < 4.78 is 4.82. The van der Waals surface area contributed by atoms with Crippen molar-refractivity contribution in [2.75, 3.05) is 26.3 Å². The molecule has 0 bridgehead atoms. The topological polar surface area (TPSA) is 58.6 Å². The fourth-order valence-electron chi connectivity index (χ4n) is 1.77. The van der Waals surface area contributed by atoms with Gasteiger partial charge in [0.2, 0.25) is 0 Å². The van der Waals surface area contributed by atoms with Crippen LogP contribution in [0.5, 0.6) is 0 Å². The molecule has 2 fully saturated rings. The van der Waals surface area contributed by atoms with Crippen LogP contribution in [0.4, 0.5) is 0 Å². The maximum absolute atomic E-state index is 11.3. The third-order valence-electron chi connectivity index (χ3n) is 2.39. The molecule has 6 heteroatoms. The van der Waals surface area contributed by atoms with E-state index in [9.17, 15) is 9.59 Å². The number of rotatable bonds is 1. The number of nitrogens with one attached hydrogen (secondary N) is 1. The van der Waals surface area contributed by atoms with Gasteiger partial charge in [0.05, 0.1) is 6.04 Å². The Bertz CT molecular complexity index is 225. The second-order valence-corrected chi connectivity index (χ2v) is 3.30. The second-order valence-electron chi connectivity index (χ2n) is 3.30. The molecule has 80 valence electrons. The molecule has 0 aromatic heterocycles. The summed E-state index contributed by atoms with van der Waals surface area (Å²) in [5.74, 6) is -0.407. The van der Waals surface area contributed by atoms with Crippen molar-refractivity contribution in [2.24, 2.45) is 0 Å². The molecule has 0 saturated carbocycles. The standard InChI is InChI=1S/C8H12N2O3.ClH/c11-7-4-13-5-8(12)10(7)6-1-2-9-3-6;/h6,9H,1-5H2;1H. The SMILES string of the molecule is Cl.O=C1COCC(=O)N1C1CCNC1. The largest absolute Gasteiger partial charge is 0.362 e. The van der Waals surface area contributed by atoms with Crippen molar-refractivity contribution in [3.8, 4) is 0 Å². The van der Waals surface area contributed by atoms with Gasteiger partial charge in [0.1, 0.15) is 13.2 Å². The van der Waals surface area contributed by atoms with Gasteiger partial charge in [-0.3, -0.25) is 14.5 Å². The van der Waals surface area contributed by atoms with Gasteiger partial charge in [-0.15, -0.1) is 12.4 Å². The van der Waals surface area contributed by atoms with Gasteiger partial charge in [-0.2, -0.15) is 0 Å². The van der Waals surface area contributed by atoms with Gasteiger partial charge < -0.3 is 10.1 Å². The predicted molar refractivity (Wildman–Crippen MR) is 51.2 cm³/mol. The van der Waals surface area contributed by atoms with Crippen LogP contribution in [0.3, 0.4) is 0 Å². The van der Waals surface area contributed by atoms with E-state index in [1.54, 1.807) is 0 Å². The zero-order valence-corrected chi connectivity index (χ0v) is 8.51. The lowest BCUT2D eigenvalue weighted by atomic mass is 10.2. The van der Waals surface area contributed by atoms with Crippen molar-refractivity contribution in [3.63, 3.8) is 0 Å². The first kappa shape index (κ1) is 11.4. The van der Waals surface area contributed by atoms with Crippen molar-refractivity contribution >= 4 is 24.2 Å². The second kappa shape index (κ2) is 4.72. The van der Waals surface area contributed by atoms with E-state index in [1.807, 2.05) is 0 Å². The van der Waals surface area contributed by atoms with Gasteiger partial charge in [0, 0.05) is 6.54 Å². The Morgan fingerprint density at radius 2 is 1.93 bits per heavy atom. The van der Waals surface area contributed by atoms with Gasteiger partial charge >= 0.3 is 0 Å². The third kappa shape index (κ3) is 2.05. The van der Waals surface area contributed by atoms with Crippen molar-refractivity contribution in [1.29, 1.82) is 0 Å². The van der Waals surface area contributed by atoms with Crippen molar-refractivity contribution in [2.45, 2.75) is 12.5 Å². The first-order valence-corrected chi connectivity index (χ1v) is 4.42. The molecule has 2 aliphatic rings. The first-order chi connectivity index (χ1) is 6.29. The minimum atomic E-state index is -0.204. The maximum atomic E-state index is 11.3. The van der Waals surface area contributed by atoms with E-state index < -0.39 is 0 Å². The Morgan fingerprint density at radius 3 is 2.43 bits per heavy atom. The van der Waals surface area contributed by atoms with Gasteiger partial charge in [-0.25, -0.2) is 0 Å². The van der Waals surface area contributed by atoms with Crippen LogP contribution in [0.25, 0.3) is 0 Å². The first-order valence-electron chi connectivity index (χ1n) is 4.42. The number of imide groups is 1. The molecule has 1 atom stereocenters. The molecule has 2 heterocycles. The zero-order chi connectivity index (χ0) is 9.26. The third-order valence-corrected chi connectivity index (χ3v) is 2.39. The number of hydrogen-bond donors (Lipinski definition) is 1. The van der Waals surface area contributed by atoms with Crippen molar-refractivity contribution in [3.05, 3.63) is 0 Å². The van der Waals surface area contributed by atoms with Crippen LogP contribution < -0.4 is 5.32 Å². The normalized spacial score (nSPS) is 27.7. The molecule has 2 amide bonds. The number of nitrogens with zero attached hydrogens (tertiary/aromatic N) is 1. The molecule has 14 heavy (non-hydrogen) atoms. The van der Waals surface area contributed by atoms with Crippen LogP contribution in [0, 0.1) is 0 Å². The highest BCUT2D eigenvalue weighted by molar-refractivity contribution is 5.98. The van der Waals surface area contributed by atoms with E-state index in [0.29, 0.717) is 0 Å². The van der Waals surface area contributed by atoms with E-state index in [2.05, 4.69) is 5.32 Å². The molecule has 5 nitrogen and oxygen atoms in total. The summed E-state index contributed by atoms with van der Waals surface area (Å²) >= 11 is 0. The average Bonchev–Trinajstić information content (AvgIpc) is 2.57. The molecule has 0 aliphatic carbocycles. The van der Waals surface area contributed by atoms with E-state index >= 15 is 0 Å². The fourth-order valence-corrected chi connectivity index (χ4v) is 1.77. The van der Waals surface area contributed by atoms with Crippen LogP contribution in [-0.2, 0) is 14.3 Å². The number of carbonyl (C=O) groups excluding carboxylic acids is 2. The average molecular weight is 221 g/mol. The summed E-state index contributed by atoms with van der Waals surface area (Å²) in [6, 6.07) is 0.0453. The molecule has 0 radical (unpaired) electrons. The summed E-state index contributed by atoms with van der Waals surface area (Å²) in [5, 5.41) is 3.12. The Hall–Kier alpha value is -0.650. The molecule has 0 aromatic rings. The Morgan fingerprint density at radius 1 is 1.29 bits per heavy atom. The maximum Gasteiger partial charge on any atom is 0.255 e. The smallest absolute Gasteiger partial charge is 0.255 e. The van der Waals surface area contributed by atoms with Gasteiger partial charge in [-0.1, -0.05) is 0 Å². The lowest BCUT2D eigenvalue weighted by Crippen LogP contribution is -2.52. The van der Waals surface area contributed by atoms with Crippen LogP contribution in [0.1, 0.15) is 6.42 Å². The summed E-state index contributed by atoms with van der Waals surface area (Å²) in [7, 11) is 0. The molecule has 1 N–H and O–H groups in total. The van der Waals surface area contributed by atoms with Gasteiger partial charge in [-0.05, 0) is 13.0 Å². The van der Waals surface area contributed by atoms with Crippen molar-refractivity contribution in [1.82, 2.24) is 10.2 Å². The highest BCUT2D eigenvalue weighted by Crippen LogP contribution is 2.12. The number of carbonyl (C=O) groups is 2. The predicted octanol–water partition coefficient (Wildman–Crippen LogP) is -0.845. The molecule has 2 rings (SSSR count). The van der Waals surface area contributed by atoms with Crippen LogP contribution >= 0.6 is 12.4 Å². The number of hydrogen-bond acceptors (Lipinski definition) is 4. The fraction of sp³-hybridized carbons (Fsp3) is 0.750. The minimum Gasteiger partial charge on any atom is -0.362 e. The van der Waals surface area contributed by atoms with Crippen LogP contribution in [-0.4, -0.2) is 49.1 Å². The van der Waals surface area contributed by atoms with Crippen LogP contribution in [0.15, 0.2) is 0 Å². The zero-order valence-electron chi connectivity index (χ0n) is 7.69. The number of amides is 2. The summed E-state index contributed by atoms with van der Waals surface area (Å²) in [4.78, 5) is 24.0. The Kier molecular flexibility index (Phi) is 3.86. The molecular formula is C8H13ClN2O3. The summed E-state index contributed by atoms with van der Waals surface area (Å²) in [6.45, 7) is 1.69. The monoisotopic (exact) mass is 220 g/mol. The lowest BCUT2D eigenvalue weighted by molar-refractivity contribution is -0.161. The molecule has 0 spiro atoms. The Balaban J connectivity index is 0.000000980. The molecular weight excluding hydrogens is 208 g/mol. The van der Waals surface area contributed by atoms with Crippen LogP contribution in [0.2, 0.25) is 0 Å². The van der Waals surface area contributed by atoms with E-state index in [4.69, 9.17) is 4.74 Å². The highest BCUT2D eigenvalue weighted by Gasteiger charge is 2.34. The lowest BCUT2D eigenvalue weighted by Gasteiger charge is -2.29. The molecule has 2 saturated heterocycles. The quantitative estimate of drug-likeness (QED) is 0.586. The van der Waals surface area contributed by atoms with E-state index in [-0.39, 0.29) is 43.5 Å². The van der Waals surface area contributed by atoms with E-state index in [1.165, 1.54) is 4.90 Å². The minimum absolute atomic E-state index is 0. The van der Waals surface area contributed by atoms with E-state index in [0.717, 1.165) is 19.5 Å². The van der Waals surface area contributed by atoms with Crippen molar-refractivity contribution < 1.29 is 14.3 Å². The molecule has 0 aromatic carbocycles. The van der Waals surface area contributed by atoms with Gasteiger partial charge in [0.25, 0.3) is 11.8 Å². The number of ether oxygens (including phenoxy) is 1. The molecule has 1 unspecified atom stereocenters. The van der Waals surface area contributed by atoms with Gasteiger partial charge in [0.15, 0.2) is 0 Å².